The van der Waals surface area contributed by atoms with E-state index in [0.29, 0.717) is 0 Å². The van der Waals surface area contributed by atoms with E-state index >= 15 is 0 Å². The largest absolute Gasteiger partial charge is 0.478 e. The molecule has 3 rings (SSSR count). The van der Waals surface area contributed by atoms with Crippen LogP contribution in [0.1, 0.15) is 28.4 Å². The molecule has 0 bridgehead atoms. The summed E-state index contributed by atoms with van der Waals surface area (Å²) < 4.78 is 40.9. The van der Waals surface area contributed by atoms with Gasteiger partial charge in [-0.15, -0.1) is 0 Å². The van der Waals surface area contributed by atoms with Gasteiger partial charge in [0.15, 0.2) is 0 Å². The zero-order chi connectivity index (χ0) is 19.6. The predicted octanol–water partition coefficient (Wildman–Crippen LogP) is 2.25. The molecule has 2 aromatic rings. The number of sulfonamides is 1. The van der Waals surface area contributed by atoms with Crippen LogP contribution in [0.15, 0.2) is 47.4 Å². The molecular weight excluding hydrogens is 371 g/mol. The summed E-state index contributed by atoms with van der Waals surface area (Å²) in [6.07, 6.45) is 0.910. The van der Waals surface area contributed by atoms with E-state index in [1.54, 1.807) is 0 Å². The molecule has 1 aliphatic rings. The molecule has 0 fully saturated rings. The Balaban J connectivity index is 1.67. The van der Waals surface area contributed by atoms with Crippen LogP contribution >= 0.6 is 0 Å². The summed E-state index contributed by atoms with van der Waals surface area (Å²) in [7, 11) is -3.93. The lowest BCUT2D eigenvalue weighted by Gasteiger charge is -2.33. The van der Waals surface area contributed by atoms with Crippen LogP contribution in [-0.2, 0) is 23.0 Å². The van der Waals surface area contributed by atoms with E-state index in [2.05, 4.69) is 21.8 Å². The molecule has 0 aromatic heterocycles. The highest BCUT2D eigenvalue weighted by Gasteiger charge is 2.23. The van der Waals surface area contributed by atoms with Crippen LogP contribution in [0.5, 0.6) is 0 Å². The quantitative estimate of drug-likeness (QED) is 0.787. The molecule has 1 atom stereocenters. The Morgan fingerprint density at radius 3 is 2.67 bits per heavy atom. The number of carboxylic acids is 1. The van der Waals surface area contributed by atoms with E-state index in [-0.39, 0.29) is 17.5 Å². The third-order valence-electron chi connectivity index (χ3n) is 4.83. The zero-order valence-electron chi connectivity index (χ0n) is 14.9. The minimum atomic E-state index is -3.93. The highest BCUT2D eigenvalue weighted by Crippen LogP contribution is 2.20. The number of hydrogen-bond donors (Lipinski definition) is 2. The Kier molecular flexibility index (Phi) is 5.59. The predicted molar refractivity (Wildman–Crippen MR) is 98.6 cm³/mol. The molecule has 6 nitrogen and oxygen atoms in total. The highest BCUT2D eigenvalue weighted by molar-refractivity contribution is 7.89. The summed E-state index contributed by atoms with van der Waals surface area (Å²) in [6, 6.07) is 10.9. The van der Waals surface area contributed by atoms with Crippen LogP contribution in [-0.4, -0.2) is 43.5 Å². The summed E-state index contributed by atoms with van der Waals surface area (Å²) in [6.45, 7) is 3.69. The molecule has 27 heavy (non-hydrogen) atoms. The van der Waals surface area contributed by atoms with Gasteiger partial charge in [0.2, 0.25) is 10.0 Å². The fourth-order valence-electron chi connectivity index (χ4n) is 3.17. The second-order valence-electron chi connectivity index (χ2n) is 6.64. The van der Waals surface area contributed by atoms with Gasteiger partial charge in [-0.2, -0.15) is 0 Å². The Bertz CT molecular complexity index is 962. The Labute approximate surface area is 157 Å². The molecule has 2 N–H and O–H groups in total. The van der Waals surface area contributed by atoms with E-state index in [1.807, 2.05) is 19.1 Å². The number of aromatic carboxylic acids is 1. The number of fused-ring (bicyclic) bond motifs is 1. The van der Waals surface area contributed by atoms with E-state index in [1.165, 1.54) is 11.1 Å². The molecule has 0 amide bonds. The SMILES string of the molecule is C[C@@H](CNS(=O)(=O)c1ccc(F)c(C(=O)O)c1)N1CCc2ccccc2C1. The molecule has 144 valence electrons. The second kappa shape index (κ2) is 7.75. The molecular formula is C19H21FN2O4S. The van der Waals surface area contributed by atoms with Gasteiger partial charge in [-0.25, -0.2) is 22.3 Å². The van der Waals surface area contributed by atoms with E-state index in [4.69, 9.17) is 5.11 Å². The van der Waals surface area contributed by atoms with Crippen molar-refractivity contribution < 1.29 is 22.7 Å². The standard InChI is InChI=1S/C19H21FN2O4S/c1-13(22-9-8-14-4-2-3-5-15(14)12-22)11-21-27(25,26)16-6-7-18(20)17(10-16)19(23)24/h2-7,10,13,21H,8-9,11-12H2,1H3,(H,23,24)/t13-/m0/s1. The van der Waals surface area contributed by atoms with Crippen LogP contribution in [0.2, 0.25) is 0 Å². The van der Waals surface area contributed by atoms with Crippen molar-refractivity contribution in [3.8, 4) is 0 Å². The fourth-order valence-corrected chi connectivity index (χ4v) is 4.32. The van der Waals surface area contributed by atoms with Gasteiger partial charge < -0.3 is 5.11 Å². The lowest BCUT2D eigenvalue weighted by Crippen LogP contribution is -2.44. The lowest BCUT2D eigenvalue weighted by molar-refractivity contribution is 0.0691. The Morgan fingerprint density at radius 2 is 1.96 bits per heavy atom. The van der Waals surface area contributed by atoms with Gasteiger partial charge in [-0.3, -0.25) is 4.90 Å². The number of carboxylic acid groups (broad SMARTS) is 1. The molecule has 0 saturated heterocycles. The van der Waals surface area contributed by atoms with Crippen molar-refractivity contribution in [2.24, 2.45) is 0 Å². The number of nitrogens with one attached hydrogen (secondary N) is 1. The van der Waals surface area contributed by atoms with Gasteiger partial charge in [0.1, 0.15) is 5.82 Å². The Hall–Kier alpha value is -2.29. The average Bonchev–Trinajstić information content (AvgIpc) is 2.65. The summed E-state index contributed by atoms with van der Waals surface area (Å²) in [5.41, 5.74) is 1.88. The van der Waals surface area contributed by atoms with Crippen molar-refractivity contribution in [2.45, 2.75) is 30.8 Å². The minimum absolute atomic E-state index is 0.0486. The molecule has 1 heterocycles. The Morgan fingerprint density at radius 1 is 1.26 bits per heavy atom. The summed E-state index contributed by atoms with van der Waals surface area (Å²) in [5, 5.41) is 8.96. The van der Waals surface area contributed by atoms with Crippen LogP contribution in [0.3, 0.4) is 0 Å². The number of carbonyl (C=O) groups is 1. The van der Waals surface area contributed by atoms with Crippen LogP contribution in [0.25, 0.3) is 0 Å². The van der Waals surface area contributed by atoms with E-state index in [9.17, 15) is 17.6 Å². The molecule has 0 radical (unpaired) electrons. The summed E-state index contributed by atoms with van der Waals surface area (Å²) in [4.78, 5) is 12.9. The number of halogens is 1. The minimum Gasteiger partial charge on any atom is -0.478 e. The molecule has 0 aliphatic carbocycles. The van der Waals surface area contributed by atoms with Crippen LogP contribution < -0.4 is 4.72 Å². The maximum absolute atomic E-state index is 13.5. The van der Waals surface area contributed by atoms with Crippen molar-refractivity contribution in [3.63, 3.8) is 0 Å². The maximum atomic E-state index is 13.5. The maximum Gasteiger partial charge on any atom is 0.338 e. The first kappa shape index (κ1) is 19.5. The normalized spacial score (nSPS) is 15.9. The molecule has 0 unspecified atom stereocenters. The van der Waals surface area contributed by atoms with Crippen molar-refractivity contribution in [1.29, 1.82) is 0 Å². The van der Waals surface area contributed by atoms with Gasteiger partial charge in [0.25, 0.3) is 0 Å². The zero-order valence-corrected chi connectivity index (χ0v) is 15.7. The molecule has 8 heteroatoms. The smallest absolute Gasteiger partial charge is 0.338 e. The van der Waals surface area contributed by atoms with Crippen molar-refractivity contribution in [3.05, 3.63) is 65.0 Å². The number of nitrogens with zero attached hydrogens (tertiary/aromatic N) is 1. The summed E-state index contributed by atoms with van der Waals surface area (Å²) in [5.74, 6) is -2.48. The third-order valence-corrected chi connectivity index (χ3v) is 6.25. The first-order chi connectivity index (χ1) is 12.8. The number of hydrogen-bond acceptors (Lipinski definition) is 4. The van der Waals surface area contributed by atoms with Crippen molar-refractivity contribution in [1.82, 2.24) is 9.62 Å². The molecule has 0 spiro atoms. The average molecular weight is 392 g/mol. The highest BCUT2D eigenvalue weighted by atomic mass is 32.2. The van der Waals surface area contributed by atoms with Gasteiger partial charge >= 0.3 is 5.97 Å². The number of benzene rings is 2. The first-order valence-corrected chi connectivity index (χ1v) is 10.1. The lowest BCUT2D eigenvalue weighted by atomic mass is 9.99. The first-order valence-electron chi connectivity index (χ1n) is 8.61. The van der Waals surface area contributed by atoms with E-state index < -0.39 is 27.4 Å². The second-order valence-corrected chi connectivity index (χ2v) is 8.40. The van der Waals surface area contributed by atoms with Gasteiger partial charge in [-0.05, 0) is 42.7 Å². The van der Waals surface area contributed by atoms with Gasteiger partial charge in [-0.1, -0.05) is 24.3 Å². The van der Waals surface area contributed by atoms with Gasteiger partial charge in [0.05, 0.1) is 10.5 Å². The topological polar surface area (TPSA) is 86.7 Å². The molecule has 1 aliphatic heterocycles. The molecule has 2 aromatic carbocycles. The van der Waals surface area contributed by atoms with E-state index in [0.717, 1.165) is 37.7 Å². The van der Waals surface area contributed by atoms with Crippen molar-refractivity contribution in [2.75, 3.05) is 13.1 Å². The monoisotopic (exact) mass is 392 g/mol. The molecule has 0 saturated carbocycles. The number of rotatable bonds is 6. The summed E-state index contributed by atoms with van der Waals surface area (Å²) >= 11 is 0. The third kappa shape index (κ3) is 4.35. The van der Waals surface area contributed by atoms with Crippen molar-refractivity contribution >= 4 is 16.0 Å². The van der Waals surface area contributed by atoms with Crippen LogP contribution in [0, 0.1) is 5.82 Å². The fraction of sp³-hybridized carbons (Fsp3) is 0.316. The van der Waals surface area contributed by atoms with Gasteiger partial charge in [0, 0.05) is 25.7 Å². The van der Waals surface area contributed by atoms with Crippen LogP contribution in [0.4, 0.5) is 4.39 Å².